The molecule has 4 unspecified atom stereocenters. The second-order valence-electron chi connectivity index (χ2n) is 9.26. The van der Waals surface area contributed by atoms with Crippen LogP contribution in [0.25, 0.3) is 0 Å². The molecule has 1 aliphatic rings. The minimum atomic E-state index is -0.455. The largest absolute Gasteiger partial charge is 0.137 e. The van der Waals surface area contributed by atoms with Crippen LogP contribution in [0, 0.1) is 16.7 Å². The zero-order valence-corrected chi connectivity index (χ0v) is 19.4. The molecule has 160 valence electrons. The summed E-state index contributed by atoms with van der Waals surface area (Å²) in [6.07, 6.45) is 2.01. The van der Waals surface area contributed by atoms with Gasteiger partial charge in [-0.1, -0.05) is 112 Å². The molecule has 3 heteroatoms. The fourth-order valence-electron chi connectivity index (χ4n) is 6.34. The zero-order valence-electron chi connectivity index (χ0n) is 18.6. The van der Waals surface area contributed by atoms with Crippen LogP contribution in [0.4, 0.5) is 0 Å². The first kappa shape index (κ1) is 21.8. The maximum atomic E-state index is 12.1. The number of rotatable bonds is 6. The number of hydrogen-bond donors (Lipinski definition) is 0. The summed E-state index contributed by atoms with van der Waals surface area (Å²) in [5, 5.41) is 0. The molecule has 0 heterocycles. The SMILES string of the molecule is CC1CC(c2ccccc2)C(c2ccccc2)(C(C)C)C(SN=O)(c2ccccc2)C1. The van der Waals surface area contributed by atoms with Crippen molar-refractivity contribution in [3.05, 3.63) is 113 Å². The van der Waals surface area contributed by atoms with E-state index in [0.717, 1.165) is 12.8 Å². The maximum Gasteiger partial charge on any atom is 0.0767 e. The molecule has 0 aromatic heterocycles. The summed E-state index contributed by atoms with van der Waals surface area (Å²) in [7, 11) is 0. The van der Waals surface area contributed by atoms with Gasteiger partial charge >= 0.3 is 0 Å². The summed E-state index contributed by atoms with van der Waals surface area (Å²) in [5.41, 5.74) is 3.55. The standard InChI is InChI=1S/C28H31NOS/c1-21(2)28(25-17-11-6-12-18-25)26(23-13-7-4-8-14-23)19-22(3)20-27(28,31-29-30)24-15-9-5-10-16-24/h4-18,21-22,26H,19-20H2,1-3H3. The van der Waals surface area contributed by atoms with Crippen LogP contribution in [-0.2, 0) is 10.2 Å². The molecule has 1 aliphatic carbocycles. The fraction of sp³-hybridized carbons (Fsp3) is 0.357. The summed E-state index contributed by atoms with van der Waals surface area (Å²) < 4.78 is 3.09. The quantitative estimate of drug-likeness (QED) is 0.292. The van der Waals surface area contributed by atoms with Gasteiger partial charge in [-0.05, 0) is 47.3 Å². The lowest BCUT2D eigenvalue weighted by Gasteiger charge is -2.60. The van der Waals surface area contributed by atoms with Gasteiger partial charge in [0.05, 0.1) is 4.75 Å². The van der Waals surface area contributed by atoms with E-state index in [1.807, 2.05) is 0 Å². The van der Waals surface area contributed by atoms with Gasteiger partial charge in [0.2, 0.25) is 0 Å². The molecule has 1 saturated carbocycles. The van der Waals surface area contributed by atoms with Crippen LogP contribution in [0.5, 0.6) is 0 Å². The fourth-order valence-corrected chi connectivity index (χ4v) is 7.72. The Hall–Kier alpha value is -2.39. The zero-order chi connectivity index (χ0) is 21.9. The highest BCUT2D eigenvalue weighted by Gasteiger charge is 2.63. The van der Waals surface area contributed by atoms with Crippen LogP contribution in [-0.4, -0.2) is 0 Å². The summed E-state index contributed by atoms with van der Waals surface area (Å²) in [6.45, 7) is 6.97. The van der Waals surface area contributed by atoms with Crippen LogP contribution in [0.1, 0.15) is 56.2 Å². The molecule has 2 nitrogen and oxygen atoms in total. The topological polar surface area (TPSA) is 29.4 Å². The third kappa shape index (κ3) is 3.53. The molecule has 0 saturated heterocycles. The maximum absolute atomic E-state index is 12.1. The molecule has 3 aromatic rings. The Morgan fingerprint density at radius 1 is 0.839 bits per heavy atom. The monoisotopic (exact) mass is 429 g/mol. The van der Waals surface area contributed by atoms with E-state index in [2.05, 4.69) is 116 Å². The molecular weight excluding hydrogens is 398 g/mol. The Morgan fingerprint density at radius 3 is 1.87 bits per heavy atom. The highest BCUT2D eigenvalue weighted by Crippen LogP contribution is 2.68. The Kier molecular flexibility index (Phi) is 6.34. The van der Waals surface area contributed by atoms with Crippen molar-refractivity contribution in [1.82, 2.24) is 0 Å². The van der Waals surface area contributed by atoms with E-state index in [0.29, 0.717) is 11.8 Å². The average molecular weight is 430 g/mol. The first-order valence-corrected chi connectivity index (χ1v) is 12.0. The summed E-state index contributed by atoms with van der Waals surface area (Å²) in [4.78, 5) is 12.1. The third-order valence-corrected chi connectivity index (χ3v) is 8.42. The molecule has 4 atom stereocenters. The van der Waals surface area contributed by atoms with Gasteiger partial charge in [-0.25, -0.2) is 0 Å². The van der Waals surface area contributed by atoms with Gasteiger partial charge in [0.25, 0.3) is 0 Å². The first-order chi connectivity index (χ1) is 15.1. The number of nitrogens with zero attached hydrogens (tertiary/aromatic N) is 1. The van der Waals surface area contributed by atoms with Gasteiger partial charge < -0.3 is 0 Å². The van der Waals surface area contributed by atoms with Crippen molar-refractivity contribution in [2.45, 2.75) is 49.7 Å². The van der Waals surface area contributed by atoms with Gasteiger partial charge in [0.1, 0.15) is 0 Å². The minimum absolute atomic E-state index is 0.273. The summed E-state index contributed by atoms with van der Waals surface area (Å²) >= 11 is 1.25. The number of hydrogen-bond acceptors (Lipinski definition) is 3. The van der Waals surface area contributed by atoms with Gasteiger partial charge in [0, 0.05) is 21.9 Å². The lowest BCUT2D eigenvalue weighted by molar-refractivity contribution is 0.0943. The van der Waals surface area contributed by atoms with Crippen molar-refractivity contribution >= 4 is 11.9 Å². The Morgan fingerprint density at radius 2 is 1.35 bits per heavy atom. The van der Waals surface area contributed by atoms with Crippen LogP contribution in [0.2, 0.25) is 0 Å². The molecule has 0 spiro atoms. The molecule has 0 radical (unpaired) electrons. The predicted octanol–water partition coefficient (Wildman–Crippen LogP) is 8.10. The van der Waals surface area contributed by atoms with E-state index in [-0.39, 0.29) is 11.3 Å². The molecule has 31 heavy (non-hydrogen) atoms. The molecule has 3 aromatic carbocycles. The average Bonchev–Trinajstić information content (AvgIpc) is 2.80. The molecule has 0 aliphatic heterocycles. The van der Waals surface area contributed by atoms with Gasteiger partial charge in [0.15, 0.2) is 0 Å². The smallest absolute Gasteiger partial charge is 0.0767 e. The lowest BCUT2D eigenvalue weighted by Crippen LogP contribution is -2.58. The van der Waals surface area contributed by atoms with Crippen LogP contribution in [0.15, 0.2) is 95.6 Å². The second-order valence-corrected chi connectivity index (χ2v) is 10.3. The highest BCUT2D eigenvalue weighted by atomic mass is 32.2. The molecule has 0 bridgehead atoms. The molecule has 4 rings (SSSR count). The van der Waals surface area contributed by atoms with E-state index in [1.54, 1.807) is 0 Å². The van der Waals surface area contributed by atoms with E-state index in [4.69, 9.17) is 0 Å². The number of benzene rings is 3. The van der Waals surface area contributed by atoms with E-state index in [1.165, 1.54) is 28.6 Å². The highest BCUT2D eigenvalue weighted by molar-refractivity contribution is 7.98. The normalized spacial score (nSPS) is 28.4. The van der Waals surface area contributed by atoms with Crippen LogP contribution >= 0.6 is 11.9 Å². The van der Waals surface area contributed by atoms with Gasteiger partial charge in [-0.15, -0.1) is 4.91 Å². The molecule has 0 amide bonds. The Balaban J connectivity index is 2.11. The van der Waals surface area contributed by atoms with Crippen LogP contribution < -0.4 is 0 Å². The minimum Gasteiger partial charge on any atom is -0.137 e. The van der Waals surface area contributed by atoms with Crippen LogP contribution in [0.3, 0.4) is 0 Å². The van der Waals surface area contributed by atoms with Crippen molar-refractivity contribution in [3.8, 4) is 0 Å². The molecule has 1 fully saturated rings. The van der Waals surface area contributed by atoms with Crippen molar-refractivity contribution in [2.24, 2.45) is 16.4 Å². The van der Waals surface area contributed by atoms with Crippen molar-refractivity contribution < 1.29 is 0 Å². The van der Waals surface area contributed by atoms with E-state index >= 15 is 0 Å². The van der Waals surface area contributed by atoms with Gasteiger partial charge in [-0.2, -0.15) is 0 Å². The van der Waals surface area contributed by atoms with E-state index in [9.17, 15) is 4.91 Å². The summed E-state index contributed by atoms with van der Waals surface area (Å²) in [5.74, 6) is 1.03. The number of nitroso groups, excluding NO2 is 1. The van der Waals surface area contributed by atoms with E-state index < -0.39 is 4.75 Å². The lowest BCUT2D eigenvalue weighted by atomic mass is 9.47. The summed E-state index contributed by atoms with van der Waals surface area (Å²) in [6, 6.07) is 32.4. The Bertz CT molecular complexity index is 991. The first-order valence-electron chi connectivity index (χ1n) is 11.2. The van der Waals surface area contributed by atoms with Gasteiger partial charge in [-0.3, -0.25) is 0 Å². The van der Waals surface area contributed by atoms with Crippen molar-refractivity contribution in [2.75, 3.05) is 0 Å². The molecular formula is C28H31NOS. The third-order valence-electron chi connectivity index (χ3n) is 7.29. The van der Waals surface area contributed by atoms with Crippen molar-refractivity contribution in [1.29, 1.82) is 0 Å². The second kappa shape index (κ2) is 9.00. The molecule has 0 N–H and O–H groups in total. The van der Waals surface area contributed by atoms with Crippen molar-refractivity contribution in [3.63, 3.8) is 0 Å². The Labute approximate surface area is 190 Å². The predicted molar refractivity (Wildman–Crippen MR) is 132 cm³/mol.